The fourth-order valence-corrected chi connectivity index (χ4v) is 5.78. The van der Waals surface area contributed by atoms with Crippen LogP contribution in [0.25, 0.3) is 21.3 Å². The molecule has 1 saturated heterocycles. The molecular weight excluding hydrogens is 553 g/mol. The molecule has 0 amide bonds. The molecule has 10 heteroatoms. The molecule has 2 aromatic heterocycles. The second-order valence-electron chi connectivity index (χ2n) is 8.07. The Morgan fingerprint density at radius 3 is 2.51 bits per heavy atom. The third-order valence-electron chi connectivity index (χ3n) is 5.92. The highest BCUT2D eigenvalue weighted by atomic mass is 79.9. The Balaban J connectivity index is 0.00000171. The Hall–Kier alpha value is -2.08. The van der Waals surface area contributed by atoms with Crippen LogP contribution < -0.4 is 4.74 Å². The molecule has 4 aromatic rings. The number of halogens is 2. The van der Waals surface area contributed by atoms with Crippen LogP contribution >= 0.6 is 39.0 Å². The van der Waals surface area contributed by atoms with Gasteiger partial charge in [-0.15, -0.1) is 23.1 Å². The van der Waals surface area contributed by atoms with Crippen molar-refractivity contribution < 1.29 is 20.1 Å². The fraction of sp³-hybridized carbons (Fsp3) is 0.280. The van der Waals surface area contributed by atoms with Crippen molar-refractivity contribution in [1.29, 1.82) is 0 Å². The molecule has 1 aliphatic heterocycles. The molecule has 0 spiro atoms. The van der Waals surface area contributed by atoms with E-state index < -0.39 is 0 Å². The Labute approximate surface area is 220 Å². The van der Waals surface area contributed by atoms with E-state index in [0.717, 1.165) is 57.6 Å². The number of rotatable bonds is 6. The first kappa shape index (κ1) is 27.5. The van der Waals surface area contributed by atoms with E-state index in [1.165, 1.54) is 35.0 Å². The number of piperidine rings is 1. The van der Waals surface area contributed by atoms with Gasteiger partial charge in [0, 0.05) is 45.5 Å². The summed E-state index contributed by atoms with van der Waals surface area (Å²) in [6.07, 6.45) is 5.48. The number of thioether (sulfide) groups is 1. The average molecular weight is 581 g/mol. The van der Waals surface area contributed by atoms with Gasteiger partial charge in [0.15, 0.2) is 0 Å². The molecule has 0 unspecified atom stereocenters. The smallest absolute Gasteiger partial charge is 0.235 e. The molecule has 0 atom stereocenters. The molecule has 3 heterocycles. The normalized spacial score (nSPS) is 14.4. The van der Waals surface area contributed by atoms with Crippen molar-refractivity contribution in [2.24, 2.45) is 0 Å². The number of thiophene rings is 1. The summed E-state index contributed by atoms with van der Waals surface area (Å²) < 4.78 is 23.0. The van der Waals surface area contributed by atoms with Gasteiger partial charge in [0.25, 0.3) is 0 Å². The minimum Gasteiger partial charge on any atom is -0.473 e. The predicted molar refractivity (Wildman–Crippen MR) is 145 cm³/mol. The van der Waals surface area contributed by atoms with Gasteiger partial charge in [-0.25, -0.2) is 14.4 Å². The quantitative estimate of drug-likeness (QED) is 0.285. The molecule has 4 N–H and O–H groups in total. The lowest BCUT2D eigenvalue weighted by Crippen LogP contribution is -2.37. The molecule has 0 saturated carbocycles. The molecule has 0 bridgehead atoms. The summed E-state index contributed by atoms with van der Waals surface area (Å²) in [5.41, 5.74) is 3.41. The number of aromatic nitrogens is 2. The third kappa shape index (κ3) is 6.19. The van der Waals surface area contributed by atoms with Crippen LogP contribution in [0.15, 0.2) is 63.5 Å². The molecule has 2 aromatic carbocycles. The van der Waals surface area contributed by atoms with Crippen LogP contribution in [-0.2, 0) is 6.54 Å². The first-order valence-electron chi connectivity index (χ1n) is 10.8. The van der Waals surface area contributed by atoms with Gasteiger partial charge in [0.2, 0.25) is 5.88 Å². The highest BCUT2D eigenvalue weighted by Crippen LogP contribution is 2.38. The molecule has 186 valence electrons. The van der Waals surface area contributed by atoms with Gasteiger partial charge < -0.3 is 15.7 Å². The molecule has 0 aliphatic carbocycles. The van der Waals surface area contributed by atoms with Gasteiger partial charge in [-0.1, -0.05) is 34.1 Å². The van der Waals surface area contributed by atoms with Gasteiger partial charge in [-0.2, -0.15) is 0 Å². The minimum atomic E-state index is -0.235. The van der Waals surface area contributed by atoms with Crippen LogP contribution in [0.2, 0.25) is 0 Å². The summed E-state index contributed by atoms with van der Waals surface area (Å²) in [5.74, 6) is 0.365. The van der Waals surface area contributed by atoms with Crippen LogP contribution in [0, 0.1) is 5.82 Å². The Bertz CT molecular complexity index is 1260. The van der Waals surface area contributed by atoms with E-state index in [2.05, 4.69) is 55.1 Å². The molecule has 1 aliphatic rings. The number of hydrogen-bond donors (Lipinski definition) is 0. The number of nitrogens with zero attached hydrogens (tertiary/aromatic N) is 3. The minimum absolute atomic E-state index is 0. The maximum absolute atomic E-state index is 14.7. The number of hydrogen-bond acceptors (Lipinski definition) is 6. The summed E-state index contributed by atoms with van der Waals surface area (Å²) >= 11 is 6.53. The average Bonchev–Trinajstić information content (AvgIpc) is 3.26. The summed E-state index contributed by atoms with van der Waals surface area (Å²) in [7, 11) is 0. The molecule has 5 rings (SSSR count). The number of benzene rings is 2. The Kier molecular flexibility index (Phi) is 9.62. The topological polar surface area (TPSA) is 101 Å². The number of likely N-dealkylation sites (tertiary alicyclic amines) is 1. The maximum Gasteiger partial charge on any atom is 0.235 e. The van der Waals surface area contributed by atoms with Gasteiger partial charge >= 0.3 is 0 Å². The van der Waals surface area contributed by atoms with Gasteiger partial charge in [0.1, 0.15) is 22.9 Å². The molecule has 35 heavy (non-hydrogen) atoms. The lowest BCUT2D eigenvalue weighted by atomic mass is 10.1. The van der Waals surface area contributed by atoms with Crippen LogP contribution in [-0.4, -0.2) is 51.3 Å². The monoisotopic (exact) mass is 579 g/mol. The zero-order valence-corrected chi connectivity index (χ0v) is 22.4. The van der Waals surface area contributed by atoms with Gasteiger partial charge in [-0.3, -0.25) is 4.90 Å². The van der Waals surface area contributed by atoms with Crippen molar-refractivity contribution in [3.8, 4) is 17.0 Å². The maximum atomic E-state index is 14.7. The SMILES string of the molecule is CSc1ccc(-c2csc3c(OC4CCN(Cc5ccc(Br)cc5)CC4)ncnc23)c(F)c1.O.O. The van der Waals surface area contributed by atoms with E-state index in [9.17, 15) is 4.39 Å². The van der Waals surface area contributed by atoms with E-state index in [1.54, 1.807) is 6.07 Å². The molecule has 0 radical (unpaired) electrons. The van der Waals surface area contributed by atoms with Gasteiger partial charge in [0.05, 0.1) is 5.52 Å². The first-order chi connectivity index (χ1) is 16.1. The lowest BCUT2D eigenvalue weighted by molar-refractivity contribution is 0.0946. The van der Waals surface area contributed by atoms with E-state index in [1.807, 2.05) is 23.8 Å². The Morgan fingerprint density at radius 1 is 1.09 bits per heavy atom. The second kappa shape index (κ2) is 12.2. The number of ether oxygens (including phenoxy) is 1. The van der Waals surface area contributed by atoms with Crippen LogP contribution in [0.4, 0.5) is 4.39 Å². The second-order valence-corrected chi connectivity index (χ2v) is 10.7. The van der Waals surface area contributed by atoms with E-state index in [0.29, 0.717) is 11.4 Å². The van der Waals surface area contributed by atoms with Crippen molar-refractivity contribution >= 4 is 49.2 Å². The van der Waals surface area contributed by atoms with E-state index >= 15 is 0 Å². The third-order valence-corrected chi connectivity index (χ3v) is 8.13. The van der Waals surface area contributed by atoms with Crippen LogP contribution in [0.3, 0.4) is 0 Å². The van der Waals surface area contributed by atoms with E-state index in [4.69, 9.17) is 4.74 Å². The van der Waals surface area contributed by atoms with Gasteiger partial charge in [-0.05, 0) is 48.9 Å². The standard InChI is InChI=1S/C25H23BrFN3OS2.2H2O/c1-32-19-6-7-20(22(27)12-19)21-14-33-24-23(21)28-15-29-25(24)31-18-8-10-30(11-9-18)13-16-2-4-17(26)5-3-16;;/h2-7,12,14-15,18H,8-11,13H2,1H3;2*1H2. The number of fused-ring (bicyclic) bond motifs is 1. The van der Waals surface area contributed by atoms with E-state index in [-0.39, 0.29) is 22.9 Å². The largest absolute Gasteiger partial charge is 0.473 e. The summed E-state index contributed by atoms with van der Waals surface area (Å²) in [5, 5.41) is 1.95. The molecule has 6 nitrogen and oxygen atoms in total. The highest BCUT2D eigenvalue weighted by Gasteiger charge is 2.23. The van der Waals surface area contributed by atoms with Crippen molar-refractivity contribution in [3.05, 3.63) is 70.0 Å². The fourth-order valence-electron chi connectivity index (χ4n) is 4.14. The highest BCUT2D eigenvalue weighted by molar-refractivity contribution is 9.10. The van der Waals surface area contributed by atoms with Crippen LogP contribution in [0.5, 0.6) is 5.88 Å². The first-order valence-corrected chi connectivity index (χ1v) is 13.7. The van der Waals surface area contributed by atoms with Crippen LogP contribution in [0.1, 0.15) is 18.4 Å². The zero-order chi connectivity index (χ0) is 22.8. The lowest BCUT2D eigenvalue weighted by Gasteiger charge is -2.31. The Morgan fingerprint density at radius 2 is 1.83 bits per heavy atom. The van der Waals surface area contributed by atoms with Crippen molar-refractivity contribution in [2.45, 2.75) is 30.4 Å². The van der Waals surface area contributed by atoms with Crippen molar-refractivity contribution in [2.75, 3.05) is 19.3 Å². The summed E-state index contributed by atoms with van der Waals surface area (Å²) in [6, 6.07) is 13.8. The summed E-state index contributed by atoms with van der Waals surface area (Å²) in [6.45, 7) is 2.92. The predicted octanol–water partition coefficient (Wildman–Crippen LogP) is 5.38. The zero-order valence-electron chi connectivity index (χ0n) is 19.1. The molecular formula is C25H27BrFN3O3S2. The molecule has 1 fully saturated rings. The van der Waals surface area contributed by atoms with Crippen molar-refractivity contribution in [1.82, 2.24) is 14.9 Å². The van der Waals surface area contributed by atoms with Crippen molar-refractivity contribution in [3.63, 3.8) is 0 Å². The summed E-state index contributed by atoms with van der Waals surface area (Å²) in [4.78, 5) is 12.2.